The van der Waals surface area contributed by atoms with Crippen LogP contribution in [0.4, 0.5) is 11.4 Å². The van der Waals surface area contributed by atoms with Crippen LogP contribution in [0.1, 0.15) is 30.4 Å². The Labute approximate surface area is 193 Å². The minimum atomic E-state index is -0.551. The zero-order valence-electron chi connectivity index (χ0n) is 17.1. The Morgan fingerprint density at radius 2 is 1.58 bits per heavy atom. The summed E-state index contributed by atoms with van der Waals surface area (Å²) in [6, 6.07) is 19.8. The van der Waals surface area contributed by atoms with Crippen LogP contribution in [0.5, 0.6) is 11.6 Å². The summed E-state index contributed by atoms with van der Waals surface area (Å²) in [5.41, 5.74) is 7.09. The Hall–Kier alpha value is -4.50. The summed E-state index contributed by atoms with van der Waals surface area (Å²) in [5.74, 6) is -0.362. The summed E-state index contributed by atoms with van der Waals surface area (Å²) in [4.78, 5) is 40.7. The molecule has 33 heavy (non-hydrogen) atoms. The minimum Gasteiger partial charge on any atom is -0.439 e. The molecule has 8 nitrogen and oxygen atoms in total. The number of primary amides is 1. The van der Waals surface area contributed by atoms with E-state index in [1.165, 1.54) is 23.6 Å². The van der Waals surface area contributed by atoms with Gasteiger partial charge in [-0.1, -0.05) is 12.1 Å². The molecular weight excluding hydrogens is 440 g/mol. The molecule has 0 spiro atoms. The van der Waals surface area contributed by atoms with Gasteiger partial charge in [0.05, 0.1) is 16.8 Å². The molecule has 2 aromatic heterocycles. The molecule has 4 aromatic rings. The lowest BCUT2D eigenvalue weighted by molar-refractivity contribution is 0.0996. The third-order valence-corrected chi connectivity index (χ3v) is 5.35. The van der Waals surface area contributed by atoms with Gasteiger partial charge >= 0.3 is 0 Å². The van der Waals surface area contributed by atoms with Gasteiger partial charge in [0.1, 0.15) is 5.75 Å². The smallest absolute Gasteiger partial charge is 0.265 e. The van der Waals surface area contributed by atoms with Crippen molar-refractivity contribution in [3.8, 4) is 11.6 Å². The molecule has 3 amide bonds. The van der Waals surface area contributed by atoms with E-state index in [1.807, 2.05) is 11.4 Å². The maximum Gasteiger partial charge on any atom is 0.265 e. The Morgan fingerprint density at radius 1 is 0.818 bits per heavy atom. The number of ether oxygens (including phenoxy) is 1. The lowest BCUT2D eigenvalue weighted by Crippen LogP contribution is -2.13. The third-order valence-electron chi connectivity index (χ3n) is 4.49. The number of thiophene rings is 1. The molecule has 0 bridgehead atoms. The first kappa shape index (κ1) is 21.7. The van der Waals surface area contributed by atoms with Crippen LogP contribution >= 0.6 is 11.3 Å². The number of carbonyl (C=O) groups excluding carboxylic acids is 3. The number of hydrogen-bond donors (Lipinski definition) is 3. The van der Waals surface area contributed by atoms with Crippen LogP contribution in [0.2, 0.25) is 0 Å². The van der Waals surface area contributed by atoms with E-state index >= 15 is 0 Å². The molecule has 0 unspecified atom stereocenters. The number of nitrogens with one attached hydrogen (secondary N) is 2. The Bertz CT molecular complexity index is 1290. The van der Waals surface area contributed by atoms with E-state index in [-0.39, 0.29) is 11.8 Å². The van der Waals surface area contributed by atoms with E-state index in [0.29, 0.717) is 39.0 Å². The standard InChI is InChI=1S/C24H18N4O4S/c25-22(29)16-3-1-4-19(13-16)32-21-11-10-18(14-26-21)28-23(30)15-6-8-17(9-7-15)27-24(31)20-5-2-12-33-20/h1-14H,(H2,25,29)(H,27,31)(H,28,30). The number of anilines is 2. The number of nitrogens with zero attached hydrogens (tertiary/aromatic N) is 1. The molecule has 0 aliphatic carbocycles. The number of hydrogen-bond acceptors (Lipinski definition) is 6. The molecule has 0 saturated carbocycles. The summed E-state index contributed by atoms with van der Waals surface area (Å²) >= 11 is 1.35. The van der Waals surface area contributed by atoms with Crippen LogP contribution in [0.15, 0.2) is 84.4 Å². The maximum atomic E-state index is 12.5. The lowest BCUT2D eigenvalue weighted by atomic mass is 10.2. The number of amides is 3. The van der Waals surface area contributed by atoms with E-state index in [2.05, 4.69) is 15.6 Å². The molecule has 0 aliphatic heterocycles. The highest BCUT2D eigenvalue weighted by Crippen LogP contribution is 2.22. The van der Waals surface area contributed by atoms with Gasteiger partial charge < -0.3 is 21.1 Å². The summed E-state index contributed by atoms with van der Waals surface area (Å²) in [5, 5.41) is 7.37. The van der Waals surface area contributed by atoms with Gasteiger partial charge in [0.15, 0.2) is 0 Å². The molecule has 0 aliphatic rings. The number of aromatic nitrogens is 1. The van der Waals surface area contributed by atoms with Crippen LogP contribution in [0, 0.1) is 0 Å². The summed E-state index contributed by atoms with van der Waals surface area (Å²) in [7, 11) is 0. The minimum absolute atomic E-state index is 0.197. The van der Waals surface area contributed by atoms with Gasteiger partial charge in [-0.2, -0.15) is 0 Å². The van der Waals surface area contributed by atoms with Gasteiger partial charge in [-0.15, -0.1) is 11.3 Å². The van der Waals surface area contributed by atoms with Crippen LogP contribution in [-0.2, 0) is 0 Å². The number of carbonyl (C=O) groups is 3. The molecule has 0 atom stereocenters. The highest BCUT2D eigenvalue weighted by Gasteiger charge is 2.10. The van der Waals surface area contributed by atoms with Crippen LogP contribution in [0.25, 0.3) is 0 Å². The molecule has 2 aromatic carbocycles. The van der Waals surface area contributed by atoms with Gasteiger partial charge in [0, 0.05) is 22.9 Å². The maximum absolute atomic E-state index is 12.5. The fourth-order valence-corrected chi connectivity index (χ4v) is 3.48. The van der Waals surface area contributed by atoms with Crippen molar-refractivity contribution in [1.29, 1.82) is 0 Å². The molecule has 4 rings (SSSR count). The number of pyridine rings is 1. The number of nitrogens with two attached hydrogens (primary N) is 1. The van der Waals surface area contributed by atoms with Crippen molar-refractivity contribution in [2.24, 2.45) is 5.73 Å². The zero-order valence-corrected chi connectivity index (χ0v) is 18.0. The van der Waals surface area contributed by atoms with Gasteiger partial charge in [-0.3, -0.25) is 14.4 Å². The van der Waals surface area contributed by atoms with Crippen molar-refractivity contribution >= 4 is 40.4 Å². The van der Waals surface area contributed by atoms with Crippen LogP contribution in [-0.4, -0.2) is 22.7 Å². The zero-order chi connectivity index (χ0) is 23.2. The highest BCUT2D eigenvalue weighted by molar-refractivity contribution is 7.12. The Morgan fingerprint density at radius 3 is 2.24 bits per heavy atom. The van der Waals surface area contributed by atoms with E-state index in [4.69, 9.17) is 10.5 Å². The van der Waals surface area contributed by atoms with Gasteiger partial charge in [0.25, 0.3) is 11.8 Å². The van der Waals surface area contributed by atoms with E-state index in [0.717, 1.165) is 0 Å². The fourth-order valence-electron chi connectivity index (χ4n) is 2.86. The average molecular weight is 458 g/mol. The SMILES string of the molecule is NC(=O)c1cccc(Oc2ccc(NC(=O)c3ccc(NC(=O)c4cccs4)cc3)cn2)c1. The van der Waals surface area contributed by atoms with Crippen molar-refractivity contribution < 1.29 is 19.1 Å². The molecule has 9 heteroatoms. The predicted molar refractivity (Wildman–Crippen MR) is 126 cm³/mol. The Balaban J connectivity index is 1.35. The topological polar surface area (TPSA) is 123 Å². The largest absolute Gasteiger partial charge is 0.439 e. The van der Waals surface area contributed by atoms with Crippen molar-refractivity contribution in [3.63, 3.8) is 0 Å². The average Bonchev–Trinajstić information content (AvgIpc) is 3.36. The van der Waals surface area contributed by atoms with Crippen molar-refractivity contribution in [2.45, 2.75) is 0 Å². The molecule has 4 N–H and O–H groups in total. The van der Waals surface area contributed by atoms with Gasteiger partial charge in [0.2, 0.25) is 11.8 Å². The van der Waals surface area contributed by atoms with Crippen LogP contribution in [0.3, 0.4) is 0 Å². The molecule has 164 valence electrons. The molecule has 0 radical (unpaired) electrons. The first-order chi connectivity index (χ1) is 16.0. The molecular formula is C24H18N4O4S. The molecule has 0 fully saturated rings. The lowest BCUT2D eigenvalue weighted by Gasteiger charge is -2.09. The van der Waals surface area contributed by atoms with E-state index in [9.17, 15) is 14.4 Å². The highest BCUT2D eigenvalue weighted by atomic mass is 32.1. The van der Waals surface area contributed by atoms with Crippen molar-refractivity contribution in [1.82, 2.24) is 4.98 Å². The van der Waals surface area contributed by atoms with Gasteiger partial charge in [-0.25, -0.2) is 4.98 Å². The van der Waals surface area contributed by atoms with E-state index < -0.39 is 5.91 Å². The first-order valence-corrected chi connectivity index (χ1v) is 10.7. The fraction of sp³-hybridized carbons (Fsp3) is 0. The van der Waals surface area contributed by atoms with Crippen LogP contribution < -0.4 is 21.1 Å². The summed E-state index contributed by atoms with van der Waals surface area (Å²) < 4.78 is 5.62. The third kappa shape index (κ3) is 5.60. The van der Waals surface area contributed by atoms with E-state index in [1.54, 1.807) is 60.7 Å². The summed E-state index contributed by atoms with van der Waals surface area (Å²) in [6.07, 6.45) is 1.46. The molecule has 0 saturated heterocycles. The second kappa shape index (κ2) is 9.75. The molecule has 2 heterocycles. The summed E-state index contributed by atoms with van der Waals surface area (Å²) in [6.45, 7) is 0. The van der Waals surface area contributed by atoms with Crippen molar-refractivity contribution in [3.05, 3.63) is 100 Å². The first-order valence-electron chi connectivity index (χ1n) is 9.78. The monoisotopic (exact) mass is 458 g/mol. The Kier molecular flexibility index (Phi) is 6.42. The quantitative estimate of drug-likeness (QED) is 0.375. The number of benzene rings is 2. The predicted octanol–water partition coefficient (Wildman–Crippen LogP) is 4.54. The second-order valence-corrected chi connectivity index (χ2v) is 7.79. The van der Waals surface area contributed by atoms with Crippen molar-refractivity contribution in [2.75, 3.05) is 10.6 Å². The van der Waals surface area contributed by atoms with Gasteiger partial charge in [-0.05, 0) is 60.0 Å². The normalized spacial score (nSPS) is 10.3. The second-order valence-electron chi connectivity index (χ2n) is 6.84. The number of rotatable bonds is 7.